The molecular weight excluding hydrogens is 190 g/mol. The smallest absolute Gasteiger partial charge is 0.0779 e. The van der Waals surface area contributed by atoms with Crippen molar-refractivity contribution in [3.63, 3.8) is 0 Å². The molecular formula is C11H19N3O. The van der Waals surface area contributed by atoms with Crippen LogP contribution >= 0.6 is 0 Å². The van der Waals surface area contributed by atoms with E-state index in [1.165, 1.54) is 0 Å². The molecule has 4 heteroatoms. The van der Waals surface area contributed by atoms with E-state index in [2.05, 4.69) is 22.2 Å². The summed E-state index contributed by atoms with van der Waals surface area (Å²) in [6.45, 7) is 6.48. The second kappa shape index (κ2) is 7.31. The van der Waals surface area contributed by atoms with Crippen molar-refractivity contribution in [2.75, 3.05) is 19.8 Å². The maximum absolute atomic E-state index is 5.42. The first-order valence-electron chi connectivity index (χ1n) is 5.45. The Balaban J connectivity index is 2.55. The largest absolute Gasteiger partial charge is 0.380 e. The van der Waals surface area contributed by atoms with Crippen molar-refractivity contribution in [3.05, 3.63) is 24.3 Å². The van der Waals surface area contributed by atoms with Crippen molar-refractivity contribution in [1.82, 2.24) is 15.3 Å². The Morgan fingerprint density at radius 3 is 2.87 bits per heavy atom. The molecule has 0 spiro atoms. The molecule has 0 amide bonds. The average Bonchev–Trinajstić information content (AvgIpc) is 2.30. The zero-order valence-corrected chi connectivity index (χ0v) is 9.44. The highest BCUT2D eigenvalue weighted by Crippen LogP contribution is 2.08. The van der Waals surface area contributed by atoms with E-state index in [4.69, 9.17) is 4.74 Å². The van der Waals surface area contributed by atoms with Crippen LogP contribution in [0.2, 0.25) is 0 Å². The molecule has 1 aromatic rings. The van der Waals surface area contributed by atoms with Gasteiger partial charge in [-0.2, -0.15) is 0 Å². The number of hydrogen-bond acceptors (Lipinski definition) is 4. The second-order valence-electron chi connectivity index (χ2n) is 3.30. The van der Waals surface area contributed by atoms with E-state index in [1.807, 2.05) is 6.92 Å². The van der Waals surface area contributed by atoms with Crippen LogP contribution in [-0.4, -0.2) is 29.7 Å². The zero-order valence-electron chi connectivity index (χ0n) is 9.44. The highest BCUT2D eigenvalue weighted by Gasteiger charge is 2.11. The molecule has 0 saturated carbocycles. The highest BCUT2D eigenvalue weighted by molar-refractivity contribution is 5.02. The Hall–Kier alpha value is -1.00. The lowest BCUT2D eigenvalue weighted by molar-refractivity contribution is 0.121. The number of rotatable bonds is 7. The van der Waals surface area contributed by atoms with E-state index in [9.17, 15) is 0 Å². The third-order valence-corrected chi connectivity index (χ3v) is 2.07. The third kappa shape index (κ3) is 4.36. The second-order valence-corrected chi connectivity index (χ2v) is 3.30. The van der Waals surface area contributed by atoms with E-state index in [-0.39, 0.29) is 6.04 Å². The first kappa shape index (κ1) is 12.1. The summed E-state index contributed by atoms with van der Waals surface area (Å²) >= 11 is 0. The summed E-state index contributed by atoms with van der Waals surface area (Å²) in [5, 5.41) is 3.39. The quantitative estimate of drug-likeness (QED) is 0.740. The molecule has 1 rings (SSSR count). The fourth-order valence-electron chi connectivity index (χ4n) is 1.29. The van der Waals surface area contributed by atoms with Crippen molar-refractivity contribution in [2.45, 2.75) is 26.3 Å². The molecule has 1 unspecified atom stereocenters. The maximum atomic E-state index is 5.42. The molecule has 0 radical (unpaired) electrons. The molecule has 15 heavy (non-hydrogen) atoms. The van der Waals surface area contributed by atoms with Gasteiger partial charge in [0.2, 0.25) is 0 Å². The fourth-order valence-corrected chi connectivity index (χ4v) is 1.29. The minimum atomic E-state index is 0.151. The predicted octanol–water partition coefficient (Wildman–Crippen LogP) is 1.55. The topological polar surface area (TPSA) is 47.0 Å². The molecule has 84 valence electrons. The minimum absolute atomic E-state index is 0.151. The lowest BCUT2D eigenvalue weighted by Crippen LogP contribution is -2.27. The minimum Gasteiger partial charge on any atom is -0.380 e. The van der Waals surface area contributed by atoms with E-state index < -0.39 is 0 Å². The summed E-state index contributed by atoms with van der Waals surface area (Å²) < 4.78 is 5.42. The van der Waals surface area contributed by atoms with Crippen LogP contribution in [-0.2, 0) is 4.74 Å². The van der Waals surface area contributed by atoms with Gasteiger partial charge in [0.15, 0.2) is 0 Å². The fraction of sp³-hybridized carbons (Fsp3) is 0.636. The standard InChI is InChI=1S/C11H19N3O/c1-3-5-13-11(9-15-4-2)10-8-12-6-7-14-10/h6-8,11,13H,3-5,9H2,1-2H3. The maximum Gasteiger partial charge on any atom is 0.0779 e. The van der Waals surface area contributed by atoms with Crippen molar-refractivity contribution in [3.8, 4) is 0 Å². The van der Waals surface area contributed by atoms with Crippen LogP contribution in [0.25, 0.3) is 0 Å². The number of aromatic nitrogens is 2. The van der Waals surface area contributed by atoms with Gasteiger partial charge in [-0.25, -0.2) is 0 Å². The molecule has 1 aromatic heterocycles. The van der Waals surface area contributed by atoms with E-state index in [0.717, 1.165) is 25.3 Å². The molecule has 1 heterocycles. The highest BCUT2D eigenvalue weighted by atomic mass is 16.5. The van der Waals surface area contributed by atoms with Crippen LogP contribution in [0.5, 0.6) is 0 Å². The molecule has 1 atom stereocenters. The van der Waals surface area contributed by atoms with Gasteiger partial charge in [-0.1, -0.05) is 6.92 Å². The van der Waals surface area contributed by atoms with Gasteiger partial charge in [0.25, 0.3) is 0 Å². The first-order valence-corrected chi connectivity index (χ1v) is 5.45. The Labute approximate surface area is 91.1 Å². The molecule has 0 saturated heterocycles. The van der Waals surface area contributed by atoms with Gasteiger partial charge < -0.3 is 10.1 Å². The Kier molecular flexibility index (Phi) is 5.88. The summed E-state index contributed by atoms with van der Waals surface area (Å²) in [5.74, 6) is 0. The van der Waals surface area contributed by atoms with Crippen molar-refractivity contribution >= 4 is 0 Å². The van der Waals surface area contributed by atoms with Gasteiger partial charge in [-0.05, 0) is 19.9 Å². The lowest BCUT2D eigenvalue weighted by atomic mass is 10.2. The van der Waals surface area contributed by atoms with Crippen LogP contribution in [0.4, 0.5) is 0 Å². The van der Waals surface area contributed by atoms with Crippen molar-refractivity contribution < 1.29 is 4.74 Å². The number of nitrogens with one attached hydrogen (secondary N) is 1. The van der Waals surface area contributed by atoms with E-state index >= 15 is 0 Å². The molecule has 0 aromatic carbocycles. The van der Waals surface area contributed by atoms with Crippen LogP contribution in [0, 0.1) is 0 Å². The monoisotopic (exact) mass is 209 g/mol. The lowest BCUT2D eigenvalue weighted by Gasteiger charge is -2.17. The molecule has 0 fully saturated rings. The van der Waals surface area contributed by atoms with Crippen molar-refractivity contribution in [1.29, 1.82) is 0 Å². The van der Waals surface area contributed by atoms with Gasteiger partial charge in [0, 0.05) is 19.0 Å². The van der Waals surface area contributed by atoms with Crippen LogP contribution in [0.15, 0.2) is 18.6 Å². The van der Waals surface area contributed by atoms with Gasteiger partial charge >= 0.3 is 0 Å². The Bertz CT molecular complexity index is 245. The Morgan fingerprint density at radius 1 is 1.40 bits per heavy atom. The van der Waals surface area contributed by atoms with Crippen LogP contribution in [0.3, 0.4) is 0 Å². The molecule has 1 N–H and O–H groups in total. The predicted molar refractivity (Wildman–Crippen MR) is 59.6 cm³/mol. The SMILES string of the molecule is CCCNC(COCC)c1cnccn1. The number of nitrogens with zero attached hydrogens (tertiary/aromatic N) is 2. The summed E-state index contributed by atoms with van der Waals surface area (Å²) in [7, 11) is 0. The molecule has 4 nitrogen and oxygen atoms in total. The molecule has 0 aliphatic rings. The zero-order chi connectivity index (χ0) is 10.9. The van der Waals surface area contributed by atoms with Gasteiger partial charge in [0.05, 0.1) is 24.5 Å². The summed E-state index contributed by atoms with van der Waals surface area (Å²) in [4.78, 5) is 8.34. The van der Waals surface area contributed by atoms with Gasteiger partial charge in [-0.3, -0.25) is 9.97 Å². The van der Waals surface area contributed by atoms with Crippen LogP contribution < -0.4 is 5.32 Å². The summed E-state index contributed by atoms with van der Waals surface area (Å²) in [6.07, 6.45) is 6.28. The summed E-state index contributed by atoms with van der Waals surface area (Å²) in [5.41, 5.74) is 0.944. The van der Waals surface area contributed by atoms with E-state index in [1.54, 1.807) is 18.6 Å². The van der Waals surface area contributed by atoms with Crippen molar-refractivity contribution in [2.24, 2.45) is 0 Å². The number of hydrogen-bond donors (Lipinski definition) is 1. The average molecular weight is 209 g/mol. The van der Waals surface area contributed by atoms with Gasteiger partial charge in [0.1, 0.15) is 0 Å². The van der Waals surface area contributed by atoms with Crippen LogP contribution in [0.1, 0.15) is 32.0 Å². The van der Waals surface area contributed by atoms with Gasteiger partial charge in [-0.15, -0.1) is 0 Å². The van der Waals surface area contributed by atoms with E-state index in [0.29, 0.717) is 6.61 Å². The molecule has 0 aliphatic heterocycles. The molecule has 0 bridgehead atoms. The summed E-state index contributed by atoms with van der Waals surface area (Å²) in [6, 6.07) is 0.151. The normalized spacial score (nSPS) is 12.7. The number of ether oxygens (including phenoxy) is 1. The Morgan fingerprint density at radius 2 is 2.27 bits per heavy atom. The first-order chi connectivity index (χ1) is 7.38. The third-order valence-electron chi connectivity index (χ3n) is 2.07. The molecule has 0 aliphatic carbocycles.